The van der Waals surface area contributed by atoms with Gasteiger partial charge in [0.2, 0.25) is 5.91 Å². The Morgan fingerprint density at radius 1 is 1.22 bits per heavy atom. The van der Waals surface area contributed by atoms with Crippen LogP contribution in [0.4, 0.5) is 20.3 Å². The molecule has 0 aliphatic carbocycles. The second-order valence-corrected chi connectivity index (χ2v) is 8.09. The molecule has 2 N–H and O–H groups in total. The van der Waals surface area contributed by atoms with Crippen molar-refractivity contribution in [2.45, 2.75) is 31.4 Å². The summed E-state index contributed by atoms with van der Waals surface area (Å²) in [6.07, 6.45) is 0. The average Bonchev–Trinajstić information content (AvgIpc) is 2.88. The van der Waals surface area contributed by atoms with Gasteiger partial charge in [-0.3, -0.25) is 4.79 Å². The summed E-state index contributed by atoms with van der Waals surface area (Å²) in [5, 5.41) is 6.63. The molecule has 3 aromatic rings. The third-order valence-corrected chi connectivity index (χ3v) is 5.82. The van der Waals surface area contributed by atoms with Gasteiger partial charge in [-0.1, -0.05) is 23.9 Å². The molecule has 0 unspecified atom stereocenters. The number of aryl methyl sites for hydroxylation is 3. The Kier molecular flexibility index (Phi) is 5.91. The Morgan fingerprint density at radius 3 is 2.70 bits per heavy atom. The Bertz CT molecular complexity index is 991. The van der Waals surface area contributed by atoms with E-state index in [1.165, 1.54) is 0 Å². The number of thiophene rings is 1. The van der Waals surface area contributed by atoms with E-state index in [0.29, 0.717) is 34.0 Å². The molecular formula is C18H18F2N4OS2. The summed E-state index contributed by atoms with van der Waals surface area (Å²) in [6, 6.07) is 6.49. The lowest BCUT2D eigenvalue weighted by atomic mass is 10.2. The van der Waals surface area contributed by atoms with Gasteiger partial charge in [0.15, 0.2) is 0 Å². The van der Waals surface area contributed by atoms with Gasteiger partial charge < -0.3 is 10.6 Å². The quantitative estimate of drug-likeness (QED) is 0.563. The van der Waals surface area contributed by atoms with Crippen LogP contribution in [0, 0.1) is 20.8 Å². The minimum atomic E-state index is -2.55. The van der Waals surface area contributed by atoms with Crippen molar-refractivity contribution in [1.82, 2.24) is 9.97 Å². The van der Waals surface area contributed by atoms with Gasteiger partial charge in [0.25, 0.3) is 5.76 Å². The molecule has 2 heterocycles. The highest BCUT2D eigenvalue weighted by atomic mass is 32.2. The van der Waals surface area contributed by atoms with Gasteiger partial charge in [-0.15, -0.1) is 11.3 Å². The molecule has 2 aromatic heterocycles. The van der Waals surface area contributed by atoms with Crippen LogP contribution in [0.2, 0.25) is 0 Å². The van der Waals surface area contributed by atoms with Gasteiger partial charge in [-0.2, -0.15) is 8.78 Å². The minimum absolute atomic E-state index is 0.0342. The summed E-state index contributed by atoms with van der Waals surface area (Å²) >= 11 is 1.99. The molecule has 9 heteroatoms. The molecule has 1 aromatic carbocycles. The third kappa shape index (κ3) is 4.54. The number of anilines is 2. The number of thioether (sulfide) groups is 1. The van der Waals surface area contributed by atoms with Gasteiger partial charge in [-0.05, 0) is 38.5 Å². The van der Waals surface area contributed by atoms with Gasteiger partial charge in [0.1, 0.15) is 16.5 Å². The van der Waals surface area contributed by atoms with Gasteiger partial charge in [-0.25, -0.2) is 9.97 Å². The first-order valence-corrected chi connectivity index (χ1v) is 9.86. The third-order valence-electron chi connectivity index (χ3n) is 3.93. The summed E-state index contributed by atoms with van der Waals surface area (Å²) in [6.45, 7) is 5.78. The molecule has 142 valence electrons. The van der Waals surface area contributed by atoms with Crippen LogP contribution in [0.1, 0.15) is 16.3 Å². The molecule has 0 aliphatic rings. The van der Waals surface area contributed by atoms with Crippen molar-refractivity contribution in [3.63, 3.8) is 0 Å². The summed E-state index contributed by atoms with van der Waals surface area (Å²) in [5.41, 5.74) is 1.44. The van der Waals surface area contributed by atoms with Crippen LogP contribution < -0.4 is 10.6 Å². The molecule has 27 heavy (non-hydrogen) atoms. The van der Waals surface area contributed by atoms with E-state index in [4.69, 9.17) is 0 Å². The second kappa shape index (κ2) is 8.18. The lowest BCUT2D eigenvalue weighted by Gasteiger charge is -2.12. The zero-order valence-corrected chi connectivity index (χ0v) is 16.6. The number of para-hydroxylation sites is 1. The second-order valence-electron chi connectivity index (χ2n) is 5.86. The maximum Gasteiger partial charge on any atom is 0.288 e. The lowest BCUT2D eigenvalue weighted by molar-refractivity contribution is -0.114. The summed E-state index contributed by atoms with van der Waals surface area (Å²) in [5.74, 6) is -1.68. The average molecular weight is 408 g/mol. The van der Waals surface area contributed by atoms with Crippen LogP contribution in [0.3, 0.4) is 0 Å². The molecule has 0 spiro atoms. The molecule has 0 saturated heterocycles. The van der Waals surface area contributed by atoms with Crippen LogP contribution in [-0.4, -0.2) is 28.2 Å². The van der Waals surface area contributed by atoms with Crippen LogP contribution in [0.15, 0.2) is 29.2 Å². The molecule has 0 saturated carbocycles. The maximum absolute atomic E-state index is 12.7. The monoisotopic (exact) mass is 408 g/mol. The van der Waals surface area contributed by atoms with Crippen molar-refractivity contribution < 1.29 is 13.6 Å². The van der Waals surface area contributed by atoms with Crippen LogP contribution in [0.5, 0.6) is 0 Å². The zero-order valence-electron chi connectivity index (χ0n) is 15.0. The topological polar surface area (TPSA) is 66.9 Å². The highest BCUT2D eigenvalue weighted by Crippen LogP contribution is 2.33. The minimum Gasteiger partial charge on any atom is -0.360 e. The summed E-state index contributed by atoms with van der Waals surface area (Å²) < 4.78 is 25.3. The molecule has 5 nitrogen and oxygen atoms in total. The first-order valence-electron chi connectivity index (χ1n) is 8.17. The van der Waals surface area contributed by atoms with E-state index in [1.54, 1.807) is 42.5 Å². The van der Waals surface area contributed by atoms with Crippen molar-refractivity contribution >= 4 is 50.7 Å². The van der Waals surface area contributed by atoms with E-state index in [-0.39, 0.29) is 12.5 Å². The van der Waals surface area contributed by atoms with Crippen molar-refractivity contribution in [2.24, 2.45) is 0 Å². The number of nitrogens with one attached hydrogen (secondary N) is 2. The number of amides is 1. The Hall–Kier alpha value is -2.26. The van der Waals surface area contributed by atoms with E-state index in [0.717, 1.165) is 20.7 Å². The number of hydrogen-bond donors (Lipinski definition) is 2. The molecule has 0 aliphatic heterocycles. The lowest BCUT2D eigenvalue weighted by Crippen LogP contribution is -2.22. The Balaban J connectivity index is 1.75. The predicted molar refractivity (Wildman–Crippen MR) is 107 cm³/mol. The number of nitrogens with zero attached hydrogens (tertiary/aromatic N) is 2. The largest absolute Gasteiger partial charge is 0.360 e. The Labute approximate surface area is 163 Å². The zero-order chi connectivity index (χ0) is 19.6. The number of hydrogen-bond acceptors (Lipinski definition) is 6. The number of aromatic nitrogens is 2. The Morgan fingerprint density at radius 2 is 1.96 bits per heavy atom. The number of carbonyl (C=O) groups excluding carboxylic acids is 1. The van der Waals surface area contributed by atoms with E-state index in [2.05, 4.69) is 20.6 Å². The molecule has 1 amide bonds. The SMILES string of the molecule is Cc1nc(NCC(=O)Nc2ccccc2SC(F)F)c2c(C)c(C)sc2n1. The number of carbonyl (C=O) groups is 1. The number of fused-ring (bicyclic) bond motifs is 1. The molecular weight excluding hydrogens is 390 g/mol. The molecule has 0 bridgehead atoms. The van der Waals surface area contributed by atoms with E-state index in [1.807, 2.05) is 13.8 Å². The summed E-state index contributed by atoms with van der Waals surface area (Å²) in [7, 11) is 0. The number of halogens is 2. The van der Waals surface area contributed by atoms with Crippen molar-refractivity contribution in [2.75, 3.05) is 17.2 Å². The van der Waals surface area contributed by atoms with Gasteiger partial charge in [0, 0.05) is 9.77 Å². The first-order chi connectivity index (χ1) is 12.8. The summed E-state index contributed by atoms with van der Waals surface area (Å²) in [4.78, 5) is 23.5. The number of alkyl halides is 2. The predicted octanol–water partition coefficient (Wildman–Crippen LogP) is 4.98. The fourth-order valence-electron chi connectivity index (χ4n) is 2.61. The number of rotatable bonds is 6. The van der Waals surface area contributed by atoms with Crippen LogP contribution in [0.25, 0.3) is 10.2 Å². The van der Waals surface area contributed by atoms with E-state index >= 15 is 0 Å². The van der Waals surface area contributed by atoms with Crippen LogP contribution >= 0.6 is 23.1 Å². The van der Waals surface area contributed by atoms with Gasteiger partial charge in [0.05, 0.1) is 17.6 Å². The van der Waals surface area contributed by atoms with E-state index < -0.39 is 5.76 Å². The normalized spacial score (nSPS) is 11.2. The van der Waals surface area contributed by atoms with Gasteiger partial charge >= 0.3 is 0 Å². The molecule has 0 atom stereocenters. The standard InChI is InChI=1S/C18H18F2N4OS2/c1-9-10(2)26-17-15(9)16(22-11(3)23-17)21-8-14(25)24-12-6-4-5-7-13(12)27-18(19)20/h4-7,18H,8H2,1-3H3,(H,24,25)(H,21,22,23). The maximum atomic E-state index is 12.7. The smallest absolute Gasteiger partial charge is 0.288 e. The van der Waals surface area contributed by atoms with Crippen molar-refractivity contribution in [3.05, 3.63) is 40.5 Å². The highest BCUT2D eigenvalue weighted by Gasteiger charge is 2.15. The fraction of sp³-hybridized carbons (Fsp3) is 0.278. The van der Waals surface area contributed by atoms with Crippen LogP contribution in [-0.2, 0) is 4.79 Å². The highest BCUT2D eigenvalue weighted by molar-refractivity contribution is 7.99. The number of benzene rings is 1. The van der Waals surface area contributed by atoms with Crippen molar-refractivity contribution in [3.8, 4) is 0 Å². The van der Waals surface area contributed by atoms with E-state index in [9.17, 15) is 13.6 Å². The first kappa shape index (κ1) is 19.5. The van der Waals surface area contributed by atoms with Crippen molar-refractivity contribution in [1.29, 1.82) is 0 Å². The molecule has 0 fully saturated rings. The fourth-order valence-corrected chi connectivity index (χ4v) is 4.28. The molecule has 0 radical (unpaired) electrons. The molecule has 3 rings (SSSR count).